The minimum atomic E-state index is -0.198. The molecule has 150 valence electrons. The first-order chi connectivity index (χ1) is 13.6. The Morgan fingerprint density at radius 1 is 1.36 bits per heavy atom. The molecule has 3 heterocycles. The summed E-state index contributed by atoms with van der Waals surface area (Å²) in [5.41, 5.74) is 4.04. The molecule has 2 fully saturated rings. The third kappa shape index (κ3) is 3.13. The molecule has 0 spiro atoms. The molecule has 5 rings (SSSR count). The van der Waals surface area contributed by atoms with Crippen molar-refractivity contribution in [2.45, 2.75) is 24.8 Å². The maximum Gasteiger partial charge on any atom is 0.409 e. The minimum Gasteiger partial charge on any atom is -0.449 e. The van der Waals surface area contributed by atoms with Crippen LogP contribution in [0.3, 0.4) is 0 Å². The number of amides is 1. The predicted molar refractivity (Wildman–Crippen MR) is 111 cm³/mol. The molecule has 3 aliphatic rings. The Bertz CT molecular complexity index is 892. The number of aromatic amines is 1. The van der Waals surface area contributed by atoms with Crippen molar-refractivity contribution >= 4 is 32.9 Å². The lowest BCUT2D eigenvalue weighted by molar-refractivity contribution is 0.0132. The first kappa shape index (κ1) is 18.5. The Hall–Kier alpha value is -1.57. The molecule has 7 heteroatoms. The highest BCUT2D eigenvalue weighted by Gasteiger charge is 2.40. The normalized spacial score (nSPS) is 27.6. The lowest BCUT2D eigenvalue weighted by Crippen LogP contribution is -2.49. The van der Waals surface area contributed by atoms with E-state index in [-0.39, 0.29) is 6.09 Å². The average molecular weight is 448 g/mol. The summed E-state index contributed by atoms with van der Waals surface area (Å²) in [5, 5.41) is 1.38. The van der Waals surface area contributed by atoms with E-state index in [1.807, 2.05) is 0 Å². The van der Waals surface area contributed by atoms with Crippen LogP contribution in [0.5, 0.6) is 0 Å². The largest absolute Gasteiger partial charge is 0.449 e. The van der Waals surface area contributed by atoms with Gasteiger partial charge < -0.3 is 24.3 Å². The van der Waals surface area contributed by atoms with Crippen molar-refractivity contribution in [1.82, 2.24) is 14.8 Å². The number of hydrogen-bond donors (Lipinski definition) is 1. The summed E-state index contributed by atoms with van der Waals surface area (Å²) < 4.78 is 12.1. The molecule has 1 amide bonds. The second kappa shape index (κ2) is 7.35. The van der Waals surface area contributed by atoms with Gasteiger partial charge in [-0.1, -0.05) is 12.1 Å². The van der Waals surface area contributed by atoms with Crippen LogP contribution in [0.15, 0.2) is 22.8 Å². The number of hydrogen-bond acceptors (Lipinski definition) is 4. The fourth-order valence-electron chi connectivity index (χ4n) is 5.24. The molecule has 2 aliphatic heterocycles. The quantitative estimate of drug-likeness (QED) is 0.766. The van der Waals surface area contributed by atoms with Crippen LogP contribution in [0.2, 0.25) is 0 Å². The van der Waals surface area contributed by atoms with E-state index < -0.39 is 0 Å². The van der Waals surface area contributed by atoms with Crippen LogP contribution in [0, 0.1) is 5.92 Å². The Morgan fingerprint density at radius 3 is 3.00 bits per heavy atom. The summed E-state index contributed by atoms with van der Waals surface area (Å²) in [4.78, 5) is 20.0. The molecule has 1 N–H and O–H groups in total. The number of H-pyrrole nitrogens is 1. The number of carbonyl (C=O) groups excluding carboxylic acids is 1. The third-order valence-corrected chi connectivity index (χ3v) is 7.27. The second-order valence-electron chi connectivity index (χ2n) is 8.28. The van der Waals surface area contributed by atoms with E-state index in [0.717, 1.165) is 24.0 Å². The van der Waals surface area contributed by atoms with Gasteiger partial charge in [0.2, 0.25) is 0 Å². The highest BCUT2D eigenvalue weighted by atomic mass is 79.9. The molecule has 0 saturated carbocycles. The van der Waals surface area contributed by atoms with Gasteiger partial charge in [0.1, 0.15) is 0 Å². The molecule has 3 atom stereocenters. The van der Waals surface area contributed by atoms with Crippen LogP contribution in [-0.2, 0) is 15.9 Å². The van der Waals surface area contributed by atoms with Crippen molar-refractivity contribution in [3.05, 3.63) is 33.9 Å². The van der Waals surface area contributed by atoms with Gasteiger partial charge in [0.15, 0.2) is 0 Å². The fourth-order valence-corrected chi connectivity index (χ4v) is 5.82. The van der Waals surface area contributed by atoms with Gasteiger partial charge in [-0.05, 0) is 53.0 Å². The molecule has 1 aromatic heterocycles. The summed E-state index contributed by atoms with van der Waals surface area (Å²) in [6.45, 7) is 3.91. The summed E-state index contributed by atoms with van der Waals surface area (Å²) in [5.74, 6) is 0.833. The van der Waals surface area contributed by atoms with Gasteiger partial charge in [0.05, 0.1) is 24.4 Å². The molecule has 0 radical (unpaired) electrons. The zero-order chi connectivity index (χ0) is 19.3. The maximum absolute atomic E-state index is 12.4. The van der Waals surface area contributed by atoms with Gasteiger partial charge in [0, 0.05) is 48.4 Å². The van der Waals surface area contributed by atoms with Crippen LogP contribution in [-0.4, -0.2) is 73.4 Å². The molecule has 28 heavy (non-hydrogen) atoms. The number of carbonyl (C=O) groups is 1. The molecule has 6 nitrogen and oxygen atoms in total. The lowest BCUT2D eigenvalue weighted by atomic mass is 9.72. The number of ether oxygens (including phenoxy) is 2. The number of likely N-dealkylation sites (N-methyl/N-ethyl adjacent to an activating group) is 1. The Morgan fingerprint density at radius 2 is 2.18 bits per heavy atom. The van der Waals surface area contributed by atoms with E-state index in [2.05, 4.69) is 51.1 Å². The van der Waals surface area contributed by atoms with Crippen molar-refractivity contribution in [2.24, 2.45) is 5.92 Å². The van der Waals surface area contributed by atoms with Crippen LogP contribution in [0.25, 0.3) is 10.9 Å². The SMILES string of the molecule is CN1CC(COC(=O)N2CCOCC2)C[C@H]2c3cccc4[nH]c(Br)c(c34)C[C@@H]21. The number of likely N-dealkylation sites (tertiary alicyclic amines) is 1. The molecule has 1 aliphatic carbocycles. The number of halogens is 1. The zero-order valence-electron chi connectivity index (χ0n) is 16.1. The van der Waals surface area contributed by atoms with Gasteiger partial charge in [-0.25, -0.2) is 4.79 Å². The number of piperidine rings is 1. The number of fused-ring (bicyclic) bond motifs is 2. The highest BCUT2D eigenvalue weighted by Crippen LogP contribution is 2.46. The number of nitrogens with zero attached hydrogens (tertiary/aromatic N) is 2. The lowest BCUT2D eigenvalue weighted by Gasteiger charge is -2.45. The molecule has 2 aromatic rings. The minimum absolute atomic E-state index is 0.198. The standard InChI is InChI=1S/C21H26BrN3O3/c1-24-11-13(12-28-21(26)25-5-7-27-8-6-25)9-15-14-3-2-4-17-19(14)16(10-18(15)24)20(22)23-17/h2-4,13,15,18,23H,5-12H2,1H3/t13?,15-,18-/m0/s1. The predicted octanol–water partition coefficient (Wildman–Crippen LogP) is 3.36. The summed E-state index contributed by atoms with van der Waals surface area (Å²) in [7, 11) is 2.21. The fraction of sp³-hybridized carbons (Fsp3) is 0.571. The topological polar surface area (TPSA) is 57.8 Å². The van der Waals surface area contributed by atoms with Gasteiger partial charge >= 0.3 is 6.09 Å². The molecule has 1 aromatic carbocycles. The van der Waals surface area contributed by atoms with Crippen molar-refractivity contribution in [2.75, 3.05) is 46.5 Å². The first-order valence-electron chi connectivity index (χ1n) is 10.1. The molecular weight excluding hydrogens is 422 g/mol. The van der Waals surface area contributed by atoms with Crippen LogP contribution in [0.4, 0.5) is 4.79 Å². The summed E-state index contributed by atoms with van der Waals surface area (Å²) in [6, 6.07) is 7.08. The molecule has 0 bridgehead atoms. The average Bonchev–Trinajstić information content (AvgIpc) is 3.04. The summed E-state index contributed by atoms with van der Waals surface area (Å²) >= 11 is 3.72. The number of morpholine rings is 1. The number of rotatable bonds is 2. The van der Waals surface area contributed by atoms with Crippen molar-refractivity contribution in [3.8, 4) is 0 Å². The smallest absolute Gasteiger partial charge is 0.409 e. The Kier molecular flexibility index (Phi) is 4.85. The second-order valence-corrected chi connectivity index (χ2v) is 9.08. The third-order valence-electron chi connectivity index (χ3n) is 6.60. The van der Waals surface area contributed by atoms with E-state index in [1.165, 1.54) is 22.0 Å². The van der Waals surface area contributed by atoms with Crippen molar-refractivity contribution < 1.29 is 14.3 Å². The Balaban J connectivity index is 1.33. The van der Waals surface area contributed by atoms with Gasteiger partial charge in [-0.3, -0.25) is 0 Å². The van der Waals surface area contributed by atoms with Crippen molar-refractivity contribution in [1.29, 1.82) is 0 Å². The van der Waals surface area contributed by atoms with Crippen LogP contribution >= 0.6 is 15.9 Å². The van der Waals surface area contributed by atoms with Gasteiger partial charge in [0.25, 0.3) is 0 Å². The summed E-state index contributed by atoms with van der Waals surface area (Å²) in [6.07, 6.45) is 1.92. The molecular formula is C21H26BrN3O3. The number of nitrogens with one attached hydrogen (secondary N) is 1. The van der Waals surface area contributed by atoms with E-state index in [4.69, 9.17) is 9.47 Å². The van der Waals surface area contributed by atoms with E-state index >= 15 is 0 Å². The molecule has 1 unspecified atom stereocenters. The number of aromatic nitrogens is 1. The van der Waals surface area contributed by atoms with Crippen molar-refractivity contribution in [3.63, 3.8) is 0 Å². The number of benzene rings is 1. The van der Waals surface area contributed by atoms with Gasteiger partial charge in [-0.15, -0.1) is 0 Å². The zero-order valence-corrected chi connectivity index (χ0v) is 17.7. The van der Waals surface area contributed by atoms with Gasteiger partial charge in [-0.2, -0.15) is 0 Å². The highest BCUT2D eigenvalue weighted by molar-refractivity contribution is 9.10. The molecule has 2 saturated heterocycles. The van der Waals surface area contributed by atoms with E-state index in [0.29, 0.717) is 50.8 Å². The first-order valence-corrected chi connectivity index (χ1v) is 10.9. The van der Waals surface area contributed by atoms with Crippen LogP contribution < -0.4 is 0 Å². The maximum atomic E-state index is 12.4. The Labute approximate surface area is 173 Å². The monoisotopic (exact) mass is 447 g/mol. The van der Waals surface area contributed by atoms with E-state index in [9.17, 15) is 4.79 Å². The van der Waals surface area contributed by atoms with E-state index in [1.54, 1.807) is 4.90 Å². The van der Waals surface area contributed by atoms with Crippen LogP contribution in [0.1, 0.15) is 23.5 Å².